The zero-order chi connectivity index (χ0) is 19.3. The predicted octanol–water partition coefficient (Wildman–Crippen LogP) is 3.74. The Morgan fingerprint density at radius 1 is 1.07 bits per heavy atom. The second kappa shape index (κ2) is 8.50. The molecule has 0 unspecified atom stereocenters. The van der Waals surface area contributed by atoms with E-state index in [4.69, 9.17) is 0 Å². The van der Waals surface area contributed by atoms with E-state index in [0.29, 0.717) is 12.1 Å². The molecule has 3 rings (SSSR count). The molecule has 0 saturated heterocycles. The molecule has 0 aliphatic rings. The summed E-state index contributed by atoms with van der Waals surface area (Å²) in [5.41, 5.74) is 2.89. The summed E-state index contributed by atoms with van der Waals surface area (Å²) in [6.45, 7) is 6.23. The summed E-state index contributed by atoms with van der Waals surface area (Å²) in [4.78, 5) is 6.72. The number of nitrogens with one attached hydrogen (secondary N) is 1. The van der Waals surface area contributed by atoms with Crippen LogP contribution in [0.3, 0.4) is 0 Å². The van der Waals surface area contributed by atoms with Gasteiger partial charge in [0.2, 0.25) is 10.0 Å². The number of aryl methyl sites for hydroxylation is 1. The van der Waals surface area contributed by atoms with Gasteiger partial charge >= 0.3 is 0 Å². The highest BCUT2D eigenvalue weighted by molar-refractivity contribution is 7.89. The van der Waals surface area contributed by atoms with Gasteiger partial charge in [-0.25, -0.2) is 13.1 Å². The lowest BCUT2D eigenvalue weighted by Crippen LogP contribution is -2.30. The zero-order valence-corrected chi connectivity index (χ0v) is 16.5. The molecule has 6 heteroatoms. The number of sulfonamides is 1. The Morgan fingerprint density at radius 2 is 1.85 bits per heavy atom. The molecule has 27 heavy (non-hydrogen) atoms. The molecule has 0 radical (unpaired) electrons. The van der Waals surface area contributed by atoms with Crippen molar-refractivity contribution < 1.29 is 8.42 Å². The van der Waals surface area contributed by atoms with Gasteiger partial charge in [0.05, 0.1) is 5.52 Å². The maximum atomic E-state index is 12.7. The second-order valence-corrected chi connectivity index (χ2v) is 8.24. The van der Waals surface area contributed by atoms with E-state index in [1.165, 1.54) is 11.3 Å². The van der Waals surface area contributed by atoms with Gasteiger partial charge < -0.3 is 4.90 Å². The van der Waals surface area contributed by atoms with E-state index in [1.54, 1.807) is 24.4 Å². The van der Waals surface area contributed by atoms with Gasteiger partial charge in [0.1, 0.15) is 4.90 Å². The van der Waals surface area contributed by atoms with Crippen LogP contribution in [0.1, 0.15) is 18.9 Å². The zero-order valence-electron chi connectivity index (χ0n) is 15.7. The second-order valence-electron chi connectivity index (χ2n) is 6.50. The first-order chi connectivity index (χ1) is 13.0. The molecule has 0 amide bonds. The average Bonchev–Trinajstić information content (AvgIpc) is 2.67. The van der Waals surface area contributed by atoms with Crippen LogP contribution in [0.2, 0.25) is 0 Å². The van der Waals surface area contributed by atoms with Gasteiger partial charge in [-0.3, -0.25) is 4.98 Å². The van der Waals surface area contributed by atoms with Crippen molar-refractivity contribution in [1.82, 2.24) is 9.71 Å². The normalized spacial score (nSPS) is 11.6. The Morgan fingerprint density at radius 3 is 2.63 bits per heavy atom. The predicted molar refractivity (Wildman–Crippen MR) is 111 cm³/mol. The summed E-state index contributed by atoms with van der Waals surface area (Å²) in [5.74, 6) is 0. The number of rotatable bonds is 8. The van der Waals surface area contributed by atoms with Gasteiger partial charge in [-0.2, -0.15) is 0 Å². The number of fused-ring (bicyclic) bond motifs is 1. The summed E-state index contributed by atoms with van der Waals surface area (Å²) < 4.78 is 28.1. The van der Waals surface area contributed by atoms with Crippen LogP contribution in [0, 0.1) is 6.92 Å². The van der Waals surface area contributed by atoms with E-state index < -0.39 is 10.0 Å². The van der Waals surface area contributed by atoms with E-state index >= 15 is 0 Å². The van der Waals surface area contributed by atoms with Crippen molar-refractivity contribution in [3.63, 3.8) is 0 Å². The molecular formula is C21H25N3O2S. The Labute approximate surface area is 161 Å². The first kappa shape index (κ1) is 19.3. The van der Waals surface area contributed by atoms with E-state index in [-0.39, 0.29) is 4.90 Å². The smallest absolute Gasteiger partial charge is 0.242 e. The van der Waals surface area contributed by atoms with Crippen LogP contribution < -0.4 is 9.62 Å². The first-order valence-electron chi connectivity index (χ1n) is 9.16. The molecule has 0 saturated carbocycles. The third kappa shape index (κ3) is 4.64. The Kier molecular flexibility index (Phi) is 6.08. The molecule has 3 aromatic rings. The Balaban J connectivity index is 1.64. The summed E-state index contributed by atoms with van der Waals surface area (Å²) in [6.07, 6.45) is 2.33. The fraction of sp³-hybridized carbons (Fsp3) is 0.286. The molecule has 0 spiro atoms. The van der Waals surface area contributed by atoms with Gasteiger partial charge in [-0.05, 0) is 50.1 Å². The summed E-state index contributed by atoms with van der Waals surface area (Å²) in [5, 5.41) is 0.817. The number of para-hydroxylation sites is 1. The minimum absolute atomic E-state index is 0.228. The lowest BCUT2D eigenvalue weighted by Gasteiger charge is -2.23. The SMILES string of the molecule is CCN(CCCNS(=O)(=O)c1cccc2cccnc12)c1cccc(C)c1. The highest BCUT2D eigenvalue weighted by Crippen LogP contribution is 2.20. The molecule has 0 aliphatic heterocycles. The fourth-order valence-corrected chi connectivity index (χ4v) is 4.39. The maximum Gasteiger partial charge on any atom is 0.242 e. The van der Waals surface area contributed by atoms with Crippen molar-refractivity contribution in [2.24, 2.45) is 0 Å². The molecule has 0 atom stereocenters. The molecule has 5 nitrogen and oxygen atoms in total. The Hall–Kier alpha value is -2.44. The van der Waals surface area contributed by atoms with Crippen molar-refractivity contribution in [3.05, 3.63) is 66.4 Å². The van der Waals surface area contributed by atoms with E-state index in [9.17, 15) is 8.42 Å². The third-order valence-electron chi connectivity index (χ3n) is 4.53. The molecular weight excluding hydrogens is 358 g/mol. The van der Waals surface area contributed by atoms with Crippen molar-refractivity contribution in [1.29, 1.82) is 0 Å². The van der Waals surface area contributed by atoms with Crippen LogP contribution in [-0.2, 0) is 10.0 Å². The number of benzene rings is 2. The van der Waals surface area contributed by atoms with Crippen molar-refractivity contribution in [3.8, 4) is 0 Å². The number of pyridine rings is 1. The van der Waals surface area contributed by atoms with Gasteiger partial charge in [0, 0.05) is 36.9 Å². The van der Waals surface area contributed by atoms with Gasteiger partial charge in [0.25, 0.3) is 0 Å². The highest BCUT2D eigenvalue weighted by atomic mass is 32.2. The van der Waals surface area contributed by atoms with E-state index in [2.05, 4.69) is 46.7 Å². The van der Waals surface area contributed by atoms with Gasteiger partial charge in [-0.1, -0.05) is 30.3 Å². The summed E-state index contributed by atoms with van der Waals surface area (Å²) in [7, 11) is -3.59. The number of aromatic nitrogens is 1. The van der Waals surface area contributed by atoms with Crippen LogP contribution in [-0.4, -0.2) is 33.0 Å². The van der Waals surface area contributed by atoms with Gasteiger partial charge in [0.15, 0.2) is 0 Å². The van der Waals surface area contributed by atoms with Crippen molar-refractivity contribution in [2.75, 3.05) is 24.5 Å². The quantitative estimate of drug-likeness (QED) is 0.602. The molecule has 0 fully saturated rings. The standard InChI is InChI=1S/C21H25N3O2S/c1-3-24(19-11-4-8-17(2)16-19)15-7-14-23-27(25,26)20-12-5-9-18-10-6-13-22-21(18)20/h4-6,8-13,16,23H,3,7,14-15H2,1-2H3. The molecule has 1 aromatic heterocycles. The summed E-state index contributed by atoms with van der Waals surface area (Å²) >= 11 is 0. The third-order valence-corrected chi connectivity index (χ3v) is 6.02. The first-order valence-corrected chi connectivity index (χ1v) is 10.6. The molecule has 142 valence electrons. The maximum absolute atomic E-state index is 12.7. The lowest BCUT2D eigenvalue weighted by molar-refractivity contribution is 0.579. The van der Waals surface area contributed by atoms with Crippen LogP contribution in [0.4, 0.5) is 5.69 Å². The number of hydrogen-bond donors (Lipinski definition) is 1. The number of anilines is 1. The van der Waals surface area contributed by atoms with Crippen LogP contribution >= 0.6 is 0 Å². The van der Waals surface area contributed by atoms with Crippen molar-refractivity contribution in [2.45, 2.75) is 25.2 Å². The van der Waals surface area contributed by atoms with Crippen LogP contribution in [0.5, 0.6) is 0 Å². The molecule has 1 N–H and O–H groups in total. The van der Waals surface area contributed by atoms with Crippen LogP contribution in [0.15, 0.2) is 65.7 Å². The fourth-order valence-electron chi connectivity index (χ4n) is 3.14. The largest absolute Gasteiger partial charge is 0.372 e. The van der Waals surface area contributed by atoms with E-state index in [1.807, 2.05) is 18.2 Å². The molecule has 1 heterocycles. The molecule has 0 bridgehead atoms. The van der Waals surface area contributed by atoms with Crippen LogP contribution in [0.25, 0.3) is 10.9 Å². The monoisotopic (exact) mass is 383 g/mol. The molecule has 0 aliphatic carbocycles. The van der Waals surface area contributed by atoms with E-state index in [0.717, 1.165) is 24.9 Å². The molecule has 2 aromatic carbocycles. The average molecular weight is 384 g/mol. The minimum Gasteiger partial charge on any atom is -0.372 e. The number of hydrogen-bond acceptors (Lipinski definition) is 4. The minimum atomic E-state index is -3.59. The van der Waals surface area contributed by atoms with Gasteiger partial charge in [-0.15, -0.1) is 0 Å². The topological polar surface area (TPSA) is 62.3 Å². The highest BCUT2D eigenvalue weighted by Gasteiger charge is 2.17. The lowest BCUT2D eigenvalue weighted by atomic mass is 10.2. The summed E-state index contributed by atoms with van der Waals surface area (Å²) in [6, 6.07) is 17.2. The Bertz CT molecular complexity index is 1010. The van der Waals surface area contributed by atoms with Crippen molar-refractivity contribution >= 4 is 26.6 Å². The number of nitrogens with zero attached hydrogens (tertiary/aromatic N) is 2.